The average Bonchev–Trinajstić information content (AvgIpc) is 3.25. The lowest BCUT2D eigenvalue weighted by Gasteiger charge is -2.33. The van der Waals surface area contributed by atoms with E-state index in [9.17, 15) is 19.5 Å². The number of aryl methyl sites for hydroxylation is 1. The fraction of sp³-hybridized carbons (Fsp3) is 0.440. The number of piperidine rings is 1. The van der Waals surface area contributed by atoms with Gasteiger partial charge in [-0.2, -0.15) is 5.10 Å². The Labute approximate surface area is 208 Å². The molecular weight excluding hydrogens is 464 g/mol. The minimum Gasteiger partial charge on any atom is -0.444 e. The lowest BCUT2D eigenvalue weighted by atomic mass is 9.93. The van der Waals surface area contributed by atoms with Crippen LogP contribution in [0.25, 0.3) is 5.65 Å². The molecule has 1 fully saturated rings. The number of benzene rings is 1. The third-order valence-electron chi connectivity index (χ3n) is 6.13. The van der Waals surface area contributed by atoms with Crippen molar-refractivity contribution in [2.45, 2.75) is 58.3 Å². The molecular formula is C25H32N6O5. The van der Waals surface area contributed by atoms with Crippen LogP contribution < -0.4 is 16.4 Å². The van der Waals surface area contributed by atoms with Gasteiger partial charge in [-0.3, -0.25) is 15.0 Å². The fourth-order valence-corrected chi connectivity index (χ4v) is 4.31. The molecule has 1 unspecified atom stereocenters. The number of aromatic nitrogens is 3. The molecule has 0 bridgehead atoms. The number of carbonyl (C=O) groups is 2. The first-order chi connectivity index (χ1) is 17.0. The number of nitrogens with one attached hydrogen (secondary N) is 3. The van der Waals surface area contributed by atoms with Gasteiger partial charge in [-0.15, -0.1) is 0 Å². The van der Waals surface area contributed by atoms with E-state index in [1.807, 2.05) is 39.8 Å². The topological polar surface area (TPSA) is 141 Å². The molecule has 0 saturated carbocycles. The average molecular weight is 497 g/mol. The van der Waals surface area contributed by atoms with Crippen LogP contribution >= 0.6 is 0 Å². The molecule has 0 aliphatic carbocycles. The number of aliphatic hydroxyl groups excluding tert-OH is 1. The highest BCUT2D eigenvalue weighted by Crippen LogP contribution is 2.29. The molecule has 192 valence electrons. The quantitative estimate of drug-likeness (QED) is 0.314. The third kappa shape index (κ3) is 5.58. The van der Waals surface area contributed by atoms with Gasteiger partial charge in [0.05, 0.1) is 17.5 Å². The molecule has 11 heteroatoms. The Morgan fingerprint density at radius 1 is 1.22 bits per heavy atom. The van der Waals surface area contributed by atoms with Gasteiger partial charge in [0.2, 0.25) is 0 Å². The highest BCUT2D eigenvalue weighted by molar-refractivity contribution is 5.95. The van der Waals surface area contributed by atoms with E-state index in [-0.39, 0.29) is 17.6 Å². The summed E-state index contributed by atoms with van der Waals surface area (Å²) in [6, 6.07) is 8.60. The molecule has 1 atom stereocenters. The zero-order valence-electron chi connectivity index (χ0n) is 20.9. The van der Waals surface area contributed by atoms with E-state index in [2.05, 4.69) is 20.9 Å². The number of amides is 2. The van der Waals surface area contributed by atoms with E-state index >= 15 is 0 Å². The monoisotopic (exact) mass is 496 g/mol. The first-order valence-corrected chi connectivity index (χ1v) is 11.9. The molecule has 36 heavy (non-hydrogen) atoms. The van der Waals surface area contributed by atoms with Crippen molar-refractivity contribution in [1.29, 1.82) is 0 Å². The molecule has 1 saturated heterocycles. The number of H-pyrrole nitrogens is 1. The smallest absolute Gasteiger partial charge is 0.410 e. The molecule has 1 aliphatic rings. The highest BCUT2D eigenvalue weighted by Gasteiger charge is 2.29. The molecule has 2 amide bonds. The number of likely N-dealkylation sites (tertiary alicyclic amines) is 1. The van der Waals surface area contributed by atoms with Crippen LogP contribution in [0, 0.1) is 6.92 Å². The summed E-state index contributed by atoms with van der Waals surface area (Å²) >= 11 is 0. The van der Waals surface area contributed by atoms with E-state index in [0.717, 1.165) is 5.56 Å². The standard InChI is InChI=1S/C25H32N6O5/c1-15-7-5-6-8-17(15)22(33)28-29-23(34)18-14-26-31-19(13-20(32)27-21(18)31)16-9-11-30(12-10-16)24(35)36-25(2,3)4/h5-8,13-14,16,23,29,34H,9-12H2,1-4H3,(H,27,32)(H,28,33). The van der Waals surface area contributed by atoms with Crippen molar-refractivity contribution in [3.8, 4) is 0 Å². The Hall–Kier alpha value is -3.70. The van der Waals surface area contributed by atoms with Gasteiger partial charge < -0.3 is 19.7 Å². The normalized spacial score (nSPS) is 15.6. The molecule has 1 aliphatic heterocycles. The van der Waals surface area contributed by atoms with Crippen molar-refractivity contribution in [1.82, 2.24) is 30.3 Å². The Balaban J connectivity index is 1.47. The maximum atomic E-state index is 12.5. The van der Waals surface area contributed by atoms with E-state index in [0.29, 0.717) is 48.4 Å². The Morgan fingerprint density at radius 3 is 2.58 bits per heavy atom. The molecule has 4 rings (SSSR count). The number of fused-ring (bicyclic) bond motifs is 1. The van der Waals surface area contributed by atoms with Gasteiger partial charge in [0.15, 0.2) is 6.23 Å². The number of hydrogen-bond donors (Lipinski definition) is 4. The van der Waals surface area contributed by atoms with Gasteiger partial charge in [-0.05, 0) is 52.2 Å². The summed E-state index contributed by atoms with van der Waals surface area (Å²) in [6.07, 6.45) is 1.07. The van der Waals surface area contributed by atoms with Crippen molar-refractivity contribution >= 4 is 17.6 Å². The number of carbonyl (C=O) groups excluding carboxylic acids is 2. The summed E-state index contributed by atoms with van der Waals surface area (Å²) in [6.45, 7) is 8.31. The Morgan fingerprint density at radius 2 is 1.92 bits per heavy atom. The zero-order chi connectivity index (χ0) is 26.0. The van der Waals surface area contributed by atoms with E-state index in [4.69, 9.17) is 4.74 Å². The molecule has 3 aromatic rings. The van der Waals surface area contributed by atoms with Crippen molar-refractivity contribution < 1.29 is 19.4 Å². The van der Waals surface area contributed by atoms with Gasteiger partial charge in [0.1, 0.15) is 11.2 Å². The van der Waals surface area contributed by atoms with Crippen molar-refractivity contribution in [2.75, 3.05) is 13.1 Å². The van der Waals surface area contributed by atoms with Crippen LogP contribution in [0.4, 0.5) is 4.79 Å². The number of rotatable bonds is 5. The zero-order valence-corrected chi connectivity index (χ0v) is 20.9. The molecule has 2 aromatic heterocycles. The van der Waals surface area contributed by atoms with E-state index < -0.39 is 17.7 Å². The van der Waals surface area contributed by atoms with Crippen LogP contribution in [-0.4, -0.2) is 55.3 Å². The Bertz CT molecular complexity index is 1320. The maximum absolute atomic E-state index is 12.5. The molecule has 11 nitrogen and oxygen atoms in total. The Kier molecular flexibility index (Phi) is 7.14. The first kappa shape index (κ1) is 25.4. The van der Waals surface area contributed by atoms with Crippen LogP contribution in [0.5, 0.6) is 0 Å². The van der Waals surface area contributed by atoms with Crippen LogP contribution in [0.1, 0.15) is 72.9 Å². The molecule has 1 aromatic carbocycles. The number of hydrazine groups is 1. The predicted octanol–water partition coefficient (Wildman–Crippen LogP) is 2.37. The highest BCUT2D eigenvalue weighted by atomic mass is 16.6. The van der Waals surface area contributed by atoms with Crippen LogP contribution in [0.3, 0.4) is 0 Å². The minimum absolute atomic E-state index is 0.00732. The summed E-state index contributed by atoms with van der Waals surface area (Å²) in [5.41, 5.74) is 6.80. The summed E-state index contributed by atoms with van der Waals surface area (Å²) in [5.74, 6) is -0.401. The largest absolute Gasteiger partial charge is 0.444 e. The number of aliphatic hydroxyl groups is 1. The van der Waals surface area contributed by atoms with Gasteiger partial charge in [-0.25, -0.2) is 14.7 Å². The summed E-state index contributed by atoms with van der Waals surface area (Å²) in [7, 11) is 0. The molecule has 0 radical (unpaired) electrons. The van der Waals surface area contributed by atoms with Gasteiger partial charge in [-0.1, -0.05) is 18.2 Å². The second kappa shape index (κ2) is 10.1. The third-order valence-corrected chi connectivity index (χ3v) is 6.13. The van der Waals surface area contributed by atoms with Crippen LogP contribution in [0.2, 0.25) is 0 Å². The maximum Gasteiger partial charge on any atom is 0.410 e. The summed E-state index contributed by atoms with van der Waals surface area (Å²) in [4.78, 5) is 41.7. The predicted molar refractivity (Wildman–Crippen MR) is 132 cm³/mol. The number of hydrogen-bond acceptors (Lipinski definition) is 7. The minimum atomic E-state index is -1.31. The van der Waals surface area contributed by atoms with E-state index in [1.54, 1.807) is 21.5 Å². The lowest BCUT2D eigenvalue weighted by molar-refractivity contribution is 0.0203. The molecule has 4 N–H and O–H groups in total. The number of ether oxygens (including phenoxy) is 1. The van der Waals surface area contributed by atoms with Gasteiger partial charge >= 0.3 is 6.09 Å². The molecule has 0 spiro atoms. The first-order valence-electron chi connectivity index (χ1n) is 11.9. The second-order valence-electron chi connectivity index (χ2n) is 9.98. The van der Waals surface area contributed by atoms with Crippen LogP contribution in [-0.2, 0) is 4.74 Å². The summed E-state index contributed by atoms with van der Waals surface area (Å²) in [5, 5.41) is 15.1. The van der Waals surface area contributed by atoms with Gasteiger partial charge in [0, 0.05) is 30.6 Å². The number of nitrogens with zero attached hydrogens (tertiary/aromatic N) is 3. The van der Waals surface area contributed by atoms with Crippen molar-refractivity contribution in [2.24, 2.45) is 0 Å². The van der Waals surface area contributed by atoms with E-state index in [1.165, 1.54) is 12.3 Å². The van der Waals surface area contributed by atoms with Crippen molar-refractivity contribution in [3.63, 3.8) is 0 Å². The van der Waals surface area contributed by atoms with Crippen molar-refractivity contribution in [3.05, 3.63) is 69.3 Å². The fourth-order valence-electron chi connectivity index (χ4n) is 4.31. The molecule has 3 heterocycles. The lowest BCUT2D eigenvalue weighted by Crippen LogP contribution is -2.41. The summed E-state index contributed by atoms with van der Waals surface area (Å²) < 4.78 is 7.06. The van der Waals surface area contributed by atoms with Crippen LogP contribution in [0.15, 0.2) is 41.3 Å². The second-order valence-corrected chi connectivity index (χ2v) is 9.98. The number of aromatic amines is 1. The van der Waals surface area contributed by atoms with Gasteiger partial charge in [0.25, 0.3) is 11.5 Å². The SMILES string of the molecule is Cc1ccccc1C(=O)NNC(O)c1cnn2c(C3CCN(C(=O)OC(C)(C)C)CC3)cc(=O)[nH]c12.